The average Bonchev–Trinajstić information content (AvgIpc) is 2.46. The summed E-state index contributed by atoms with van der Waals surface area (Å²) in [7, 11) is 1.78. The van der Waals surface area contributed by atoms with Gasteiger partial charge in [0, 0.05) is 12.4 Å². The number of hydrogen-bond acceptors (Lipinski definition) is 2. The Morgan fingerprint density at radius 1 is 1.67 bits per heavy atom. The van der Waals surface area contributed by atoms with Crippen LogP contribution in [-0.2, 0) is 13.6 Å². The number of aliphatic hydroxyl groups is 1. The summed E-state index contributed by atoms with van der Waals surface area (Å²) in [6.07, 6.45) is 1.70. The van der Waals surface area contributed by atoms with E-state index in [0.717, 1.165) is 10.9 Å². The summed E-state index contributed by atoms with van der Waals surface area (Å²) in [5.74, 6) is 0. The molecule has 0 aliphatic rings. The molecular weight excluding hydrogens is 152 g/mol. The Morgan fingerprint density at radius 3 is 3.25 bits per heavy atom. The summed E-state index contributed by atoms with van der Waals surface area (Å²) in [5, 5.41) is 14.1. The molecule has 3 heteroatoms. The smallest absolute Gasteiger partial charge is 0.0682 e. The van der Waals surface area contributed by atoms with E-state index in [0.29, 0.717) is 0 Å². The van der Waals surface area contributed by atoms with Crippen molar-refractivity contribution in [2.45, 2.75) is 6.56 Å². The first-order valence-electron chi connectivity index (χ1n) is 4.63. The molecule has 0 aliphatic carbocycles. The lowest BCUT2D eigenvalue weighted by atomic mass is 10.2. The van der Waals surface area contributed by atoms with Crippen molar-refractivity contribution in [3.05, 3.63) is 30.0 Å². The van der Waals surface area contributed by atoms with Crippen LogP contribution in [0.5, 0.6) is 0 Å². The van der Waals surface area contributed by atoms with Gasteiger partial charge in [0.1, 0.15) is 0 Å². The molecule has 0 fully saturated rings. The lowest BCUT2D eigenvalue weighted by molar-refractivity contribution is 0.282. The molecule has 0 aliphatic heterocycles. The number of hydrogen-bond donors (Lipinski definition) is 1. The second kappa shape index (κ2) is 2.60. The highest BCUT2D eigenvalue weighted by atomic mass is 16.3. The molecule has 12 heavy (non-hydrogen) atoms. The molecule has 0 bridgehead atoms. The molecule has 2 rings (SSSR count). The molecule has 0 atom stereocenters. The second-order valence-corrected chi connectivity index (χ2v) is 2.65. The molecule has 0 radical (unpaired) electrons. The van der Waals surface area contributed by atoms with Crippen molar-refractivity contribution in [1.82, 2.24) is 9.78 Å². The molecule has 0 spiro atoms. The molecule has 2 aromatic rings. The van der Waals surface area contributed by atoms with Crippen molar-refractivity contribution in [1.29, 1.82) is 0 Å². The van der Waals surface area contributed by atoms with Crippen LogP contribution in [-0.4, -0.2) is 14.9 Å². The molecular formula is C9H10N2O. The fourth-order valence-electron chi connectivity index (χ4n) is 1.21. The predicted octanol–water partition coefficient (Wildman–Crippen LogP) is 1.07. The van der Waals surface area contributed by atoms with Crippen LogP contribution in [0.25, 0.3) is 10.9 Å². The van der Waals surface area contributed by atoms with Crippen molar-refractivity contribution in [3.8, 4) is 0 Å². The first-order chi connectivity index (χ1) is 6.48. The van der Waals surface area contributed by atoms with Crippen LogP contribution in [0.15, 0.2) is 24.4 Å². The van der Waals surface area contributed by atoms with Gasteiger partial charge >= 0.3 is 0 Å². The maximum Gasteiger partial charge on any atom is 0.0682 e. The van der Waals surface area contributed by atoms with Crippen LogP contribution in [0, 0.1) is 0 Å². The minimum Gasteiger partial charge on any atom is -0.392 e. The van der Waals surface area contributed by atoms with Gasteiger partial charge in [-0.15, -0.1) is 0 Å². The summed E-state index contributed by atoms with van der Waals surface area (Å²) in [4.78, 5) is 0. The fourth-order valence-corrected chi connectivity index (χ4v) is 1.21. The van der Waals surface area contributed by atoms with Gasteiger partial charge < -0.3 is 5.11 Å². The molecule has 3 nitrogen and oxygen atoms in total. The van der Waals surface area contributed by atoms with Crippen LogP contribution >= 0.6 is 0 Å². The van der Waals surface area contributed by atoms with E-state index in [1.807, 2.05) is 0 Å². The Kier molecular flexibility index (Phi) is 1.16. The first-order valence-corrected chi connectivity index (χ1v) is 3.63. The van der Waals surface area contributed by atoms with Gasteiger partial charge in [0.2, 0.25) is 0 Å². The largest absolute Gasteiger partial charge is 0.392 e. The maximum absolute atomic E-state index is 9.18. The molecule has 0 amide bonds. The number of rotatable bonds is 1. The van der Waals surface area contributed by atoms with E-state index < -0.39 is 6.56 Å². The van der Waals surface area contributed by atoms with E-state index in [-0.39, 0.29) is 5.56 Å². The van der Waals surface area contributed by atoms with Gasteiger partial charge in [-0.1, -0.05) is 12.1 Å². The summed E-state index contributed by atoms with van der Waals surface area (Å²) >= 11 is 0. The van der Waals surface area contributed by atoms with E-state index in [1.165, 1.54) is 0 Å². The van der Waals surface area contributed by atoms with E-state index >= 15 is 0 Å². The van der Waals surface area contributed by atoms with Gasteiger partial charge in [-0.05, 0) is 11.6 Å². The fraction of sp³-hybridized carbons (Fsp3) is 0.222. The highest BCUT2D eigenvalue weighted by Gasteiger charge is 1.99. The zero-order valence-electron chi connectivity index (χ0n) is 8.65. The Hall–Kier alpha value is -1.35. The zero-order valence-corrected chi connectivity index (χ0v) is 6.65. The molecule has 62 valence electrons. The SMILES string of the molecule is [2H]C([2H])(O)c1ccc2cnn(C)c2c1. The van der Waals surface area contributed by atoms with E-state index in [2.05, 4.69) is 5.10 Å². The van der Waals surface area contributed by atoms with E-state index in [9.17, 15) is 5.11 Å². The third-order valence-electron chi connectivity index (χ3n) is 1.88. The highest BCUT2D eigenvalue weighted by Crippen LogP contribution is 2.14. The molecule has 0 saturated heterocycles. The number of fused-ring (bicyclic) bond motifs is 1. The third-order valence-corrected chi connectivity index (χ3v) is 1.88. The van der Waals surface area contributed by atoms with Crippen LogP contribution in [0.2, 0.25) is 0 Å². The van der Waals surface area contributed by atoms with Crippen molar-refractivity contribution in [2.75, 3.05) is 0 Å². The topological polar surface area (TPSA) is 38.1 Å². The number of benzene rings is 1. The Morgan fingerprint density at radius 2 is 2.50 bits per heavy atom. The second-order valence-electron chi connectivity index (χ2n) is 2.65. The third kappa shape index (κ3) is 0.987. The number of nitrogens with zero attached hydrogens (tertiary/aromatic N) is 2. The standard InChI is InChI=1S/C9H10N2O/c1-11-9-4-7(6-12)2-3-8(9)5-10-11/h2-5,12H,6H2,1H3/i6D2. The van der Waals surface area contributed by atoms with Gasteiger partial charge in [0.15, 0.2) is 0 Å². The van der Waals surface area contributed by atoms with Crippen LogP contribution in [0.1, 0.15) is 8.30 Å². The van der Waals surface area contributed by atoms with Gasteiger partial charge in [-0.2, -0.15) is 5.10 Å². The monoisotopic (exact) mass is 164 g/mol. The van der Waals surface area contributed by atoms with Crippen LogP contribution in [0.3, 0.4) is 0 Å². The summed E-state index contributed by atoms with van der Waals surface area (Å²) in [6, 6.07) is 4.90. The summed E-state index contributed by atoms with van der Waals surface area (Å²) in [6.45, 7) is -2.29. The minimum atomic E-state index is -2.29. The van der Waals surface area contributed by atoms with Crippen molar-refractivity contribution < 1.29 is 7.85 Å². The lowest BCUT2D eigenvalue weighted by Crippen LogP contribution is -1.90. The minimum absolute atomic E-state index is 0.244. The zero-order chi connectivity index (χ0) is 10.3. The average molecular weight is 164 g/mol. The van der Waals surface area contributed by atoms with Crippen molar-refractivity contribution >= 4 is 10.9 Å². The van der Waals surface area contributed by atoms with Gasteiger partial charge in [-0.3, -0.25) is 4.68 Å². The number of aryl methyl sites for hydroxylation is 1. The molecule has 1 aromatic heterocycles. The molecule has 1 heterocycles. The quantitative estimate of drug-likeness (QED) is 0.684. The lowest BCUT2D eigenvalue weighted by Gasteiger charge is -1.97. The van der Waals surface area contributed by atoms with Crippen LogP contribution < -0.4 is 0 Å². The predicted molar refractivity (Wildman–Crippen MR) is 46.6 cm³/mol. The van der Waals surface area contributed by atoms with Crippen LogP contribution in [0.4, 0.5) is 0 Å². The molecule has 1 N–H and O–H groups in total. The Labute approximate surface area is 73.1 Å². The normalized spacial score (nSPS) is 14.5. The Balaban J connectivity index is 2.66. The number of aromatic nitrogens is 2. The molecule has 1 aromatic carbocycles. The summed E-state index contributed by atoms with van der Waals surface area (Å²) in [5.41, 5.74) is 1.05. The first kappa shape index (κ1) is 5.32. The van der Waals surface area contributed by atoms with Gasteiger partial charge in [0.05, 0.1) is 21.0 Å². The van der Waals surface area contributed by atoms with E-state index in [4.69, 9.17) is 2.74 Å². The van der Waals surface area contributed by atoms with E-state index in [1.54, 1.807) is 36.1 Å². The van der Waals surface area contributed by atoms with Crippen molar-refractivity contribution in [2.24, 2.45) is 7.05 Å². The van der Waals surface area contributed by atoms with Gasteiger partial charge in [0.25, 0.3) is 0 Å². The van der Waals surface area contributed by atoms with Crippen molar-refractivity contribution in [3.63, 3.8) is 0 Å². The van der Waals surface area contributed by atoms with Gasteiger partial charge in [-0.25, -0.2) is 0 Å². The highest BCUT2D eigenvalue weighted by molar-refractivity contribution is 5.79. The maximum atomic E-state index is 9.18. The molecule has 0 unspecified atom stereocenters. The Bertz CT molecular complexity index is 473. The molecule has 0 saturated carbocycles. The summed E-state index contributed by atoms with van der Waals surface area (Å²) < 4.78 is 16.0.